The van der Waals surface area contributed by atoms with Gasteiger partial charge in [-0.15, -0.1) is 0 Å². The molecule has 0 aliphatic carbocycles. The number of hydrogen-bond donors (Lipinski definition) is 4. The van der Waals surface area contributed by atoms with E-state index >= 15 is 0 Å². The summed E-state index contributed by atoms with van der Waals surface area (Å²) in [5.74, 6) is -1.97. The van der Waals surface area contributed by atoms with Crippen molar-refractivity contribution >= 4 is 23.6 Å². The zero-order valence-electron chi connectivity index (χ0n) is 25.4. The fourth-order valence-corrected chi connectivity index (χ4v) is 4.37. The van der Waals surface area contributed by atoms with Crippen molar-refractivity contribution in [3.8, 4) is 0 Å². The maximum Gasteiger partial charge on any atom is 0.326 e. The quantitative estimate of drug-likeness (QED) is 0.0786. The highest BCUT2D eigenvalue weighted by atomic mass is 16.5. The van der Waals surface area contributed by atoms with E-state index < -0.39 is 18.0 Å². The van der Waals surface area contributed by atoms with E-state index in [1.165, 1.54) is 64.7 Å². The first kappa shape index (κ1) is 38.5. The van der Waals surface area contributed by atoms with Gasteiger partial charge < -0.3 is 30.3 Å². The van der Waals surface area contributed by atoms with Gasteiger partial charge in [0.15, 0.2) is 5.78 Å². The summed E-state index contributed by atoms with van der Waals surface area (Å²) in [6.45, 7) is 6.76. The molecule has 1 atom stereocenters. The SMILES string of the molecule is C=C(CCCCCCCCCCCCCCCCC(=O)O)N[C@@H](CCC(=O)NCCOCCOCC(C)=O)C(=O)O. The van der Waals surface area contributed by atoms with E-state index in [1.54, 1.807) is 0 Å². The van der Waals surface area contributed by atoms with Crippen molar-refractivity contribution in [1.29, 1.82) is 0 Å². The van der Waals surface area contributed by atoms with Crippen molar-refractivity contribution in [2.75, 3.05) is 33.0 Å². The van der Waals surface area contributed by atoms with Crippen LogP contribution in [0, 0.1) is 0 Å². The number of amides is 1. The smallest absolute Gasteiger partial charge is 0.326 e. The summed E-state index contributed by atoms with van der Waals surface area (Å²) in [7, 11) is 0. The molecule has 0 spiro atoms. The number of carboxylic acids is 2. The number of rotatable bonds is 31. The third-order valence-corrected chi connectivity index (χ3v) is 6.70. The lowest BCUT2D eigenvalue weighted by Gasteiger charge is -2.17. The maximum atomic E-state index is 12.0. The van der Waals surface area contributed by atoms with Crippen molar-refractivity contribution in [1.82, 2.24) is 10.6 Å². The van der Waals surface area contributed by atoms with E-state index in [-0.39, 0.29) is 31.1 Å². The lowest BCUT2D eigenvalue weighted by atomic mass is 10.0. The molecule has 0 unspecified atom stereocenters. The lowest BCUT2D eigenvalue weighted by Crippen LogP contribution is -2.37. The first-order chi connectivity index (χ1) is 19.7. The van der Waals surface area contributed by atoms with E-state index in [9.17, 15) is 24.3 Å². The molecule has 0 fully saturated rings. The minimum absolute atomic E-state index is 0.0456. The Kier molecular flexibility index (Phi) is 26.0. The first-order valence-corrected chi connectivity index (χ1v) is 15.5. The Labute approximate surface area is 247 Å². The molecule has 10 nitrogen and oxygen atoms in total. The molecule has 238 valence electrons. The molecule has 0 aromatic heterocycles. The molecule has 0 saturated heterocycles. The van der Waals surface area contributed by atoms with Gasteiger partial charge in [0.2, 0.25) is 5.91 Å². The highest BCUT2D eigenvalue weighted by Crippen LogP contribution is 2.15. The summed E-state index contributed by atoms with van der Waals surface area (Å²) in [6, 6.07) is -0.847. The second kappa shape index (κ2) is 27.7. The van der Waals surface area contributed by atoms with Crippen LogP contribution in [-0.4, -0.2) is 72.9 Å². The third kappa shape index (κ3) is 28.9. The number of aliphatic carboxylic acids is 2. The van der Waals surface area contributed by atoms with Crippen molar-refractivity contribution < 1.29 is 38.9 Å². The van der Waals surface area contributed by atoms with E-state index in [1.807, 2.05) is 0 Å². The monoisotopic (exact) mass is 584 g/mol. The predicted octanol–water partition coefficient (Wildman–Crippen LogP) is 5.39. The van der Waals surface area contributed by atoms with E-state index in [4.69, 9.17) is 14.6 Å². The Hall–Kier alpha value is -2.46. The normalized spacial score (nSPS) is 11.6. The van der Waals surface area contributed by atoms with Crippen molar-refractivity contribution in [2.45, 2.75) is 129 Å². The van der Waals surface area contributed by atoms with Crippen LogP contribution >= 0.6 is 0 Å². The molecule has 0 rings (SSSR count). The topological polar surface area (TPSA) is 151 Å². The van der Waals surface area contributed by atoms with Crippen LogP contribution in [0.3, 0.4) is 0 Å². The fraction of sp³-hybridized carbons (Fsp3) is 0.806. The lowest BCUT2D eigenvalue weighted by molar-refractivity contribution is -0.140. The molecular weight excluding hydrogens is 528 g/mol. The highest BCUT2D eigenvalue weighted by Gasteiger charge is 2.18. The summed E-state index contributed by atoms with van der Waals surface area (Å²) in [4.78, 5) is 44.9. The van der Waals surface area contributed by atoms with Gasteiger partial charge >= 0.3 is 11.9 Å². The average molecular weight is 585 g/mol. The Morgan fingerprint density at radius 1 is 0.683 bits per heavy atom. The van der Waals surface area contributed by atoms with Crippen LogP contribution in [0.1, 0.15) is 122 Å². The van der Waals surface area contributed by atoms with Gasteiger partial charge in [-0.2, -0.15) is 0 Å². The standard InChI is InChI=1S/C31H56N2O8/c1-26(17-15-13-11-9-7-5-3-4-6-8-10-12-14-16-18-30(36)37)33-28(31(38)39)19-20-29(35)32-21-22-40-23-24-41-25-27(2)34/h28,33H,1,3-25H2,2H3,(H,32,35)(H,36,37)(H,38,39)/t28-/m0/s1. The van der Waals surface area contributed by atoms with Crippen LogP contribution in [0.5, 0.6) is 0 Å². The van der Waals surface area contributed by atoms with E-state index in [2.05, 4.69) is 17.2 Å². The summed E-state index contributed by atoms with van der Waals surface area (Å²) in [5.41, 5.74) is 0.695. The fourth-order valence-electron chi connectivity index (χ4n) is 4.37. The van der Waals surface area contributed by atoms with E-state index in [0.717, 1.165) is 38.5 Å². The number of carbonyl (C=O) groups is 4. The number of ether oxygens (including phenoxy) is 2. The maximum absolute atomic E-state index is 12.0. The highest BCUT2D eigenvalue weighted by molar-refractivity contribution is 5.78. The van der Waals surface area contributed by atoms with Gasteiger partial charge in [-0.05, 0) is 32.6 Å². The number of carbonyl (C=O) groups excluding carboxylic acids is 2. The molecule has 1 amide bonds. The van der Waals surface area contributed by atoms with Crippen molar-refractivity contribution in [3.63, 3.8) is 0 Å². The molecule has 0 saturated carbocycles. The molecule has 0 aliphatic heterocycles. The average Bonchev–Trinajstić information content (AvgIpc) is 2.91. The van der Waals surface area contributed by atoms with Crippen LogP contribution in [0.2, 0.25) is 0 Å². The molecule has 41 heavy (non-hydrogen) atoms. The molecular formula is C31H56N2O8. The van der Waals surface area contributed by atoms with Crippen LogP contribution in [0.25, 0.3) is 0 Å². The Balaban J connectivity index is 3.66. The van der Waals surface area contributed by atoms with Crippen molar-refractivity contribution in [3.05, 3.63) is 12.3 Å². The van der Waals surface area contributed by atoms with Crippen molar-refractivity contribution in [2.24, 2.45) is 0 Å². The number of Topliss-reactive ketones (excluding diaryl/α,β-unsaturated/α-hetero) is 1. The molecule has 0 aliphatic rings. The van der Waals surface area contributed by atoms with E-state index in [0.29, 0.717) is 38.5 Å². The number of ketones is 1. The van der Waals surface area contributed by atoms with Gasteiger partial charge in [-0.25, -0.2) is 4.79 Å². The number of nitrogens with one attached hydrogen (secondary N) is 2. The third-order valence-electron chi connectivity index (χ3n) is 6.70. The molecule has 0 heterocycles. The van der Waals surface area contributed by atoms with Gasteiger partial charge in [0.25, 0.3) is 0 Å². The summed E-state index contributed by atoms with van der Waals surface area (Å²) < 4.78 is 10.4. The van der Waals surface area contributed by atoms with Gasteiger partial charge in [-0.1, -0.05) is 83.6 Å². The zero-order valence-corrected chi connectivity index (χ0v) is 25.4. The molecule has 4 N–H and O–H groups in total. The van der Waals surface area contributed by atoms with Gasteiger partial charge in [0.1, 0.15) is 12.6 Å². The van der Waals surface area contributed by atoms with Gasteiger partial charge in [0.05, 0.1) is 19.8 Å². The number of unbranched alkanes of at least 4 members (excludes halogenated alkanes) is 13. The summed E-state index contributed by atoms with van der Waals surface area (Å²) in [5, 5.41) is 23.8. The van der Waals surface area contributed by atoms with Crippen LogP contribution in [0.15, 0.2) is 12.3 Å². The number of hydrogen-bond acceptors (Lipinski definition) is 7. The Bertz CT molecular complexity index is 729. The number of allylic oxidation sites excluding steroid dienone is 1. The minimum Gasteiger partial charge on any atom is -0.481 e. The summed E-state index contributed by atoms with van der Waals surface area (Å²) >= 11 is 0. The zero-order chi connectivity index (χ0) is 30.6. The van der Waals surface area contributed by atoms with Gasteiger partial charge in [-0.3, -0.25) is 14.4 Å². The van der Waals surface area contributed by atoms with Crippen LogP contribution in [-0.2, 0) is 28.7 Å². The van der Waals surface area contributed by atoms with Crippen LogP contribution < -0.4 is 10.6 Å². The molecule has 0 aromatic carbocycles. The number of carboxylic acid groups (broad SMARTS) is 2. The molecule has 0 radical (unpaired) electrons. The Morgan fingerprint density at radius 2 is 1.17 bits per heavy atom. The van der Waals surface area contributed by atoms with Gasteiger partial charge in [0, 0.05) is 25.1 Å². The van der Waals surface area contributed by atoms with Crippen LogP contribution in [0.4, 0.5) is 0 Å². The predicted molar refractivity (Wildman–Crippen MR) is 160 cm³/mol. The first-order valence-electron chi connectivity index (χ1n) is 15.5. The Morgan fingerprint density at radius 3 is 1.66 bits per heavy atom. The minimum atomic E-state index is -0.997. The second-order valence-corrected chi connectivity index (χ2v) is 10.7. The summed E-state index contributed by atoms with van der Waals surface area (Å²) in [6.07, 6.45) is 17.5. The molecule has 10 heteroatoms. The molecule has 0 aromatic rings. The second-order valence-electron chi connectivity index (χ2n) is 10.7. The largest absolute Gasteiger partial charge is 0.481 e. The molecule has 0 bridgehead atoms.